The molecule has 1 aliphatic rings. The molecule has 1 aromatic carbocycles. The van der Waals surface area contributed by atoms with Gasteiger partial charge in [-0.05, 0) is 31.0 Å². The van der Waals surface area contributed by atoms with Crippen LogP contribution in [0.5, 0.6) is 5.75 Å². The van der Waals surface area contributed by atoms with E-state index in [2.05, 4.69) is 10.3 Å². The number of piperidine rings is 1. The third-order valence-corrected chi connectivity index (χ3v) is 6.62. The Bertz CT molecular complexity index is 879. The molecule has 0 aliphatic carbocycles. The molecule has 8 heteroatoms. The maximum Gasteiger partial charge on any atom is 0.244 e. The Kier molecular flexibility index (Phi) is 6.08. The quantitative estimate of drug-likeness (QED) is 0.814. The Morgan fingerprint density at radius 2 is 1.96 bits per heavy atom. The van der Waals surface area contributed by atoms with Crippen molar-refractivity contribution in [3.8, 4) is 5.75 Å². The number of nitrogens with zero attached hydrogens (tertiary/aromatic N) is 2. The molecule has 1 saturated heterocycles. The van der Waals surface area contributed by atoms with Crippen LogP contribution < -0.4 is 10.1 Å². The predicted molar refractivity (Wildman–Crippen MR) is 101 cm³/mol. The second kappa shape index (κ2) is 8.49. The van der Waals surface area contributed by atoms with Crippen LogP contribution in [0.2, 0.25) is 0 Å². The van der Waals surface area contributed by atoms with Gasteiger partial charge in [0.25, 0.3) is 0 Å². The normalized spacial score (nSPS) is 16.0. The number of benzene rings is 1. The van der Waals surface area contributed by atoms with Gasteiger partial charge in [-0.3, -0.25) is 9.78 Å². The summed E-state index contributed by atoms with van der Waals surface area (Å²) in [6.07, 6.45) is 3.88. The van der Waals surface area contributed by atoms with Crippen molar-refractivity contribution in [2.24, 2.45) is 5.92 Å². The van der Waals surface area contributed by atoms with E-state index in [-0.39, 0.29) is 16.7 Å². The Labute approximate surface area is 159 Å². The van der Waals surface area contributed by atoms with Gasteiger partial charge in [0.15, 0.2) is 0 Å². The lowest BCUT2D eigenvalue weighted by Gasteiger charge is -2.30. The van der Waals surface area contributed by atoms with E-state index in [1.54, 1.807) is 13.2 Å². The van der Waals surface area contributed by atoms with Gasteiger partial charge in [0.05, 0.1) is 7.11 Å². The molecular formula is C19H23N3O4S. The van der Waals surface area contributed by atoms with Crippen LogP contribution in [0.25, 0.3) is 0 Å². The first-order chi connectivity index (χ1) is 13.0. The van der Waals surface area contributed by atoms with Gasteiger partial charge in [0.1, 0.15) is 10.6 Å². The summed E-state index contributed by atoms with van der Waals surface area (Å²) < 4.78 is 31.9. The summed E-state index contributed by atoms with van der Waals surface area (Å²) in [5, 5.41) is 2.93. The van der Waals surface area contributed by atoms with Crippen LogP contribution in [-0.4, -0.2) is 43.8 Å². The van der Waals surface area contributed by atoms with Crippen molar-refractivity contribution < 1.29 is 17.9 Å². The lowest BCUT2D eigenvalue weighted by molar-refractivity contribution is -0.126. The molecular weight excluding hydrogens is 366 g/mol. The molecule has 144 valence electrons. The van der Waals surface area contributed by atoms with Gasteiger partial charge in [0.2, 0.25) is 15.9 Å². The molecule has 2 aromatic rings. The van der Waals surface area contributed by atoms with Crippen molar-refractivity contribution in [2.75, 3.05) is 20.2 Å². The van der Waals surface area contributed by atoms with Gasteiger partial charge in [-0.2, -0.15) is 4.31 Å². The van der Waals surface area contributed by atoms with E-state index in [1.807, 2.05) is 24.3 Å². The standard InChI is InChI=1S/C19H23N3O4S/c1-26-18-7-3-2-5-16(18)13-21-19(23)15-8-11-22(12-9-15)27(24,25)17-6-4-10-20-14-17/h2-7,10,14-15H,8-9,11-13H2,1H3,(H,21,23). The van der Waals surface area contributed by atoms with Crippen LogP contribution in [0, 0.1) is 5.92 Å². The SMILES string of the molecule is COc1ccccc1CNC(=O)C1CCN(S(=O)(=O)c2cccnc2)CC1. The highest BCUT2D eigenvalue weighted by Gasteiger charge is 2.32. The molecule has 0 bridgehead atoms. The predicted octanol–water partition coefficient (Wildman–Crippen LogP) is 1.81. The van der Waals surface area contributed by atoms with Crippen molar-refractivity contribution in [3.63, 3.8) is 0 Å². The van der Waals surface area contributed by atoms with Gasteiger partial charge in [-0.15, -0.1) is 0 Å². The molecule has 27 heavy (non-hydrogen) atoms. The van der Waals surface area contributed by atoms with Crippen LogP contribution in [-0.2, 0) is 21.4 Å². The zero-order valence-corrected chi connectivity index (χ0v) is 16.0. The van der Waals surface area contributed by atoms with E-state index in [4.69, 9.17) is 4.74 Å². The highest BCUT2D eigenvalue weighted by Crippen LogP contribution is 2.24. The van der Waals surface area contributed by atoms with Gasteiger partial charge in [-0.1, -0.05) is 18.2 Å². The molecule has 1 aliphatic heterocycles. The average Bonchev–Trinajstić information content (AvgIpc) is 2.73. The molecule has 2 heterocycles. The number of aromatic nitrogens is 1. The Balaban J connectivity index is 1.55. The second-order valence-corrected chi connectivity index (χ2v) is 8.33. The van der Waals surface area contributed by atoms with Crippen LogP contribution in [0.1, 0.15) is 18.4 Å². The van der Waals surface area contributed by atoms with E-state index in [0.717, 1.165) is 11.3 Å². The number of para-hydroxylation sites is 1. The first-order valence-electron chi connectivity index (χ1n) is 8.82. The number of hydrogen-bond donors (Lipinski definition) is 1. The molecule has 1 fully saturated rings. The fourth-order valence-electron chi connectivity index (χ4n) is 3.18. The minimum atomic E-state index is -3.55. The number of carbonyl (C=O) groups excluding carboxylic acids is 1. The summed E-state index contributed by atoms with van der Waals surface area (Å²) in [5.41, 5.74) is 0.907. The van der Waals surface area contributed by atoms with Crippen molar-refractivity contribution in [3.05, 3.63) is 54.4 Å². The monoisotopic (exact) mass is 389 g/mol. The molecule has 0 saturated carbocycles. The second-order valence-electron chi connectivity index (χ2n) is 6.40. The molecule has 7 nitrogen and oxygen atoms in total. The number of rotatable bonds is 6. The number of amides is 1. The molecule has 1 amide bonds. The Hall–Kier alpha value is -2.45. The Morgan fingerprint density at radius 1 is 1.22 bits per heavy atom. The summed E-state index contributed by atoms with van der Waals surface area (Å²) in [6, 6.07) is 10.7. The fourth-order valence-corrected chi connectivity index (χ4v) is 4.62. The Morgan fingerprint density at radius 3 is 2.63 bits per heavy atom. The molecule has 0 radical (unpaired) electrons. The van der Waals surface area contributed by atoms with E-state index in [1.165, 1.54) is 22.8 Å². The van der Waals surface area contributed by atoms with Crippen molar-refractivity contribution in [1.82, 2.24) is 14.6 Å². The average molecular weight is 389 g/mol. The minimum Gasteiger partial charge on any atom is -0.496 e. The van der Waals surface area contributed by atoms with Crippen molar-refractivity contribution in [2.45, 2.75) is 24.3 Å². The number of nitrogens with one attached hydrogen (secondary N) is 1. The van der Waals surface area contributed by atoms with Crippen LogP contribution >= 0.6 is 0 Å². The van der Waals surface area contributed by atoms with Gasteiger partial charge < -0.3 is 10.1 Å². The number of sulfonamides is 1. The van der Waals surface area contributed by atoms with E-state index < -0.39 is 10.0 Å². The number of ether oxygens (including phenoxy) is 1. The summed E-state index contributed by atoms with van der Waals surface area (Å²) in [7, 11) is -1.96. The van der Waals surface area contributed by atoms with Crippen LogP contribution in [0.15, 0.2) is 53.7 Å². The summed E-state index contributed by atoms with van der Waals surface area (Å²) in [5.74, 6) is 0.481. The fraction of sp³-hybridized carbons (Fsp3) is 0.368. The van der Waals surface area contributed by atoms with E-state index in [9.17, 15) is 13.2 Å². The zero-order chi connectivity index (χ0) is 19.3. The van der Waals surface area contributed by atoms with Crippen molar-refractivity contribution >= 4 is 15.9 Å². The molecule has 0 atom stereocenters. The van der Waals surface area contributed by atoms with Crippen molar-refractivity contribution in [1.29, 1.82) is 0 Å². The van der Waals surface area contributed by atoms with Gasteiger partial charge in [-0.25, -0.2) is 8.42 Å². The summed E-state index contributed by atoms with van der Waals surface area (Å²) in [4.78, 5) is 16.5. The number of hydrogen-bond acceptors (Lipinski definition) is 5. The van der Waals surface area contributed by atoms with Gasteiger partial charge >= 0.3 is 0 Å². The van der Waals surface area contributed by atoms with Gasteiger partial charge in [0, 0.05) is 43.5 Å². The highest BCUT2D eigenvalue weighted by molar-refractivity contribution is 7.89. The molecule has 3 rings (SSSR count). The number of methoxy groups -OCH3 is 1. The lowest BCUT2D eigenvalue weighted by Crippen LogP contribution is -2.42. The summed E-state index contributed by atoms with van der Waals surface area (Å²) >= 11 is 0. The zero-order valence-electron chi connectivity index (χ0n) is 15.2. The topological polar surface area (TPSA) is 88.6 Å². The molecule has 1 aromatic heterocycles. The molecule has 0 spiro atoms. The first kappa shape index (κ1) is 19.3. The molecule has 0 unspecified atom stereocenters. The van der Waals surface area contributed by atoms with Crippen LogP contribution in [0.3, 0.4) is 0 Å². The lowest BCUT2D eigenvalue weighted by atomic mass is 9.97. The maximum atomic E-state index is 12.6. The highest BCUT2D eigenvalue weighted by atomic mass is 32.2. The third kappa shape index (κ3) is 4.45. The largest absolute Gasteiger partial charge is 0.496 e. The molecule has 1 N–H and O–H groups in total. The van der Waals surface area contributed by atoms with E-state index in [0.29, 0.717) is 32.5 Å². The minimum absolute atomic E-state index is 0.0562. The third-order valence-electron chi connectivity index (χ3n) is 4.74. The first-order valence-corrected chi connectivity index (χ1v) is 10.3. The van der Waals surface area contributed by atoms with Crippen LogP contribution in [0.4, 0.5) is 0 Å². The summed E-state index contributed by atoms with van der Waals surface area (Å²) in [6.45, 7) is 1.03. The number of carbonyl (C=O) groups is 1. The number of pyridine rings is 1. The maximum absolute atomic E-state index is 12.6. The van der Waals surface area contributed by atoms with E-state index >= 15 is 0 Å². The smallest absolute Gasteiger partial charge is 0.244 e.